The van der Waals surface area contributed by atoms with Gasteiger partial charge >= 0.3 is 5.63 Å². The van der Waals surface area contributed by atoms with E-state index in [1.165, 1.54) is 12.8 Å². The standard InChI is InChI=1S/C22H29NO3S/c1-4-16-8-9-18-17(11-22(25)26-20(18)10-16)12-27-13-21(24)23-19-7-5-6-14(2)15(19)3/h8-11,14-15,19H,4-7,12-13H2,1-3H3,(H,23,24)/t14-,15-,19+/m0/s1. The molecule has 0 aliphatic heterocycles. The molecule has 0 radical (unpaired) electrons. The molecule has 0 unspecified atom stereocenters. The molecule has 1 fully saturated rings. The summed E-state index contributed by atoms with van der Waals surface area (Å²) in [5, 5.41) is 4.16. The first-order chi connectivity index (χ1) is 13.0. The third-order valence-electron chi connectivity index (χ3n) is 5.85. The van der Waals surface area contributed by atoms with Gasteiger partial charge in [0.05, 0.1) is 5.75 Å². The predicted octanol–water partition coefficient (Wildman–Crippen LogP) is 4.53. The molecule has 4 nitrogen and oxygen atoms in total. The van der Waals surface area contributed by atoms with Crippen LogP contribution in [0, 0.1) is 11.8 Å². The highest BCUT2D eigenvalue weighted by molar-refractivity contribution is 7.99. The number of carbonyl (C=O) groups excluding carboxylic acids is 1. The van der Waals surface area contributed by atoms with E-state index in [9.17, 15) is 9.59 Å². The zero-order valence-electron chi connectivity index (χ0n) is 16.4. The number of benzene rings is 1. The van der Waals surface area contributed by atoms with E-state index in [0.717, 1.165) is 29.4 Å². The lowest BCUT2D eigenvalue weighted by Gasteiger charge is -2.34. The minimum atomic E-state index is -0.333. The van der Waals surface area contributed by atoms with Crippen molar-refractivity contribution >= 4 is 28.6 Å². The molecule has 0 bridgehead atoms. The van der Waals surface area contributed by atoms with E-state index in [2.05, 4.69) is 32.2 Å². The number of hydrogen-bond donors (Lipinski definition) is 1. The van der Waals surface area contributed by atoms with Crippen LogP contribution in [0.2, 0.25) is 0 Å². The van der Waals surface area contributed by atoms with Gasteiger partial charge in [-0.2, -0.15) is 0 Å². The second-order valence-electron chi connectivity index (χ2n) is 7.71. The first-order valence-electron chi connectivity index (χ1n) is 9.90. The van der Waals surface area contributed by atoms with Gasteiger partial charge in [-0.05, 0) is 41.9 Å². The van der Waals surface area contributed by atoms with Crippen LogP contribution < -0.4 is 10.9 Å². The molecule has 1 aromatic heterocycles. The van der Waals surface area contributed by atoms with Crippen LogP contribution in [0.1, 0.15) is 51.2 Å². The molecule has 1 saturated carbocycles. The van der Waals surface area contributed by atoms with Crippen LogP contribution in [0.5, 0.6) is 0 Å². The van der Waals surface area contributed by atoms with Crippen LogP contribution in [0.15, 0.2) is 33.5 Å². The van der Waals surface area contributed by atoms with Gasteiger partial charge in [0.25, 0.3) is 0 Å². The summed E-state index contributed by atoms with van der Waals surface area (Å²) in [6.07, 6.45) is 4.42. The third-order valence-corrected chi connectivity index (χ3v) is 6.83. The van der Waals surface area contributed by atoms with E-state index in [1.807, 2.05) is 12.1 Å². The average molecular weight is 388 g/mol. The maximum Gasteiger partial charge on any atom is 0.336 e. The van der Waals surface area contributed by atoms with E-state index < -0.39 is 0 Å². The molecule has 2 aromatic rings. The minimum absolute atomic E-state index is 0.0893. The highest BCUT2D eigenvalue weighted by Gasteiger charge is 2.27. The first kappa shape index (κ1) is 20.0. The number of amides is 1. The van der Waals surface area contributed by atoms with Crippen molar-refractivity contribution in [3.8, 4) is 0 Å². The molecule has 1 aromatic carbocycles. The molecule has 3 atom stereocenters. The maximum absolute atomic E-state index is 12.4. The Morgan fingerprint density at radius 3 is 2.85 bits per heavy atom. The summed E-state index contributed by atoms with van der Waals surface area (Å²) in [5.74, 6) is 2.32. The van der Waals surface area contributed by atoms with Gasteiger partial charge in [0.2, 0.25) is 5.91 Å². The fourth-order valence-electron chi connectivity index (χ4n) is 3.90. The lowest BCUT2D eigenvalue weighted by molar-refractivity contribution is -0.119. The molecule has 0 saturated heterocycles. The molecule has 146 valence electrons. The summed E-state index contributed by atoms with van der Waals surface area (Å²) in [5.41, 5.74) is 2.37. The van der Waals surface area contributed by atoms with Gasteiger partial charge in [-0.1, -0.05) is 45.7 Å². The van der Waals surface area contributed by atoms with Crippen LogP contribution in [0.25, 0.3) is 11.0 Å². The number of rotatable bonds is 6. The lowest BCUT2D eigenvalue weighted by atomic mass is 9.78. The van der Waals surface area contributed by atoms with Gasteiger partial charge in [-0.15, -0.1) is 11.8 Å². The Bertz CT molecular complexity index is 860. The molecule has 1 aliphatic rings. The number of hydrogen-bond acceptors (Lipinski definition) is 4. The number of nitrogens with one attached hydrogen (secondary N) is 1. The molecule has 1 aliphatic carbocycles. The summed E-state index contributed by atoms with van der Waals surface area (Å²) in [7, 11) is 0. The smallest absolute Gasteiger partial charge is 0.336 e. The Hall–Kier alpha value is -1.75. The number of thioether (sulfide) groups is 1. The Balaban J connectivity index is 1.60. The van der Waals surface area contributed by atoms with E-state index in [0.29, 0.717) is 35.0 Å². The van der Waals surface area contributed by atoms with Crippen LogP contribution in [0.3, 0.4) is 0 Å². The van der Waals surface area contributed by atoms with Crippen LogP contribution in [0.4, 0.5) is 0 Å². The van der Waals surface area contributed by atoms with Crippen molar-refractivity contribution in [2.75, 3.05) is 5.75 Å². The van der Waals surface area contributed by atoms with E-state index >= 15 is 0 Å². The summed E-state index contributed by atoms with van der Waals surface area (Å²) in [6.45, 7) is 6.58. The van der Waals surface area contributed by atoms with Crippen molar-refractivity contribution in [3.05, 3.63) is 45.8 Å². The fourth-order valence-corrected chi connectivity index (χ4v) is 4.73. The second-order valence-corrected chi connectivity index (χ2v) is 8.69. The summed E-state index contributed by atoms with van der Waals surface area (Å²) < 4.78 is 5.35. The Kier molecular flexibility index (Phi) is 6.64. The summed E-state index contributed by atoms with van der Waals surface area (Å²) in [6, 6.07) is 7.85. The van der Waals surface area contributed by atoms with Gasteiger partial charge in [0.15, 0.2) is 0 Å². The average Bonchev–Trinajstić information content (AvgIpc) is 2.64. The van der Waals surface area contributed by atoms with Crippen LogP contribution in [-0.2, 0) is 17.0 Å². The molecule has 3 rings (SSSR count). The van der Waals surface area contributed by atoms with Gasteiger partial charge in [0.1, 0.15) is 5.58 Å². The van der Waals surface area contributed by atoms with Crippen molar-refractivity contribution in [1.29, 1.82) is 0 Å². The topological polar surface area (TPSA) is 59.3 Å². The molecular formula is C22H29NO3S. The van der Waals surface area contributed by atoms with E-state index in [4.69, 9.17) is 4.42 Å². The van der Waals surface area contributed by atoms with Crippen molar-refractivity contribution in [1.82, 2.24) is 5.32 Å². The first-order valence-corrected chi connectivity index (χ1v) is 11.1. The second kappa shape index (κ2) is 8.96. The fraction of sp³-hybridized carbons (Fsp3) is 0.545. The molecule has 1 heterocycles. The number of fused-ring (bicyclic) bond motifs is 1. The lowest BCUT2D eigenvalue weighted by Crippen LogP contribution is -2.44. The zero-order valence-corrected chi connectivity index (χ0v) is 17.2. The number of carbonyl (C=O) groups is 1. The van der Waals surface area contributed by atoms with Crippen molar-refractivity contribution < 1.29 is 9.21 Å². The van der Waals surface area contributed by atoms with Crippen molar-refractivity contribution in [2.24, 2.45) is 11.8 Å². The predicted molar refractivity (Wildman–Crippen MR) is 112 cm³/mol. The van der Waals surface area contributed by atoms with Crippen LogP contribution >= 0.6 is 11.8 Å². The Labute approximate surface area is 165 Å². The number of aryl methyl sites for hydroxylation is 1. The Morgan fingerprint density at radius 1 is 1.26 bits per heavy atom. The van der Waals surface area contributed by atoms with Crippen LogP contribution in [-0.4, -0.2) is 17.7 Å². The van der Waals surface area contributed by atoms with Gasteiger partial charge in [-0.25, -0.2) is 4.79 Å². The molecule has 5 heteroatoms. The van der Waals surface area contributed by atoms with Crippen molar-refractivity contribution in [2.45, 2.75) is 58.2 Å². The summed E-state index contributed by atoms with van der Waals surface area (Å²) in [4.78, 5) is 24.2. The molecular weight excluding hydrogens is 358 g/mol. The normalized spacial score (nSPS) is 22.7. The highest BCUT2D eigenvalue weighted by atomic mass is 32.2. The maximum atomic E-state index is 12.4. The van der Waals surface area contributed by atoms with Gasteiger partial charge in [-0.3, -0.25) is 4.79 Å². The van der Waals surface area contributed by atoms with E-state index in [-0.39, 0.29) is 11.5 Å². The molecule has 1 amide bonds. The monoisotopic (exact) mass is 387 g/mol. The highest BCUT2D eigenvalue weighted by Crippen LogP contribution is 2.29. The van der Waals surface area contributed by atoms with Crippen molar-refractivity contribution in [3.63, 3.8) is 0 Å². The minimum Gasteiger partial charge on any atom is -0.423 e. The zero-order chi connectivity index (χ0) is 19.4. The third kappa shape index (κ3) is 4.95. The Morgan fingerprint density at radius 2 is 2.07 bits per heavy atom. The molecule has 27 heavy (non-hydrogen) atoms. The quantitative estimate of drug-likeness (QED) is 0.740. The van der Waals surface area contributed by atoms with Gasteiger partial charge in [0, 0.05) is 23.2 Å². The van der Waals surface area contributed by atoms with E-state index in [1.54, 1.807) is 17.8 Å². The van der Waals surface area contributed by atoms with Gasteiger partial charge < -0.3 is 9.73 Å². The summed E-state index contributed by atoms with van der Waals surface area (Å²) >= 11 is 1.55. The largest absolute Gasteiger partial charge is 0.423 e. The molecule has 0 spiro atoms. The SMILES string of the molecule is CCc1ccc2c(CSCC(=O)N[C@@H]3CCC[C@H](C)[C@@H]3C)cc(=O)oc2c1. The molecule has 1 N–H and O–H groups in total.